The molecule has 0 radical (unpaired) electrons. The number of halogens is 1. The van der Waals surface area contributed by atoms with Crippen LogP contribution in [0.3, 0.4) is 0 Å². The van der Waals surface area contributed by atoms with Crippen molar-refractivity contribution in [3.05, 3.63) is 71.6 Å². The number of hydrogen-bond acceptors (Lipinski definition) is 4. The van der Waals surface area contributed by atoms with Crippen LogP contribution in [0.5, 0.6) is 0 Å². The van der Waals surface area contributed by atoms with Gasteiger partial charge in [-0.2, -0.15) is 5.10 Å². The number of aromatic nitrogens is 4. The lowest BCUT2D eigenvalue weighted by Gasteiger charge is -2.07. The Bertz CT molecular complexity index is 1010. The summed E-state index contributed by atoms with van der Waals surface area (Å²) in [6, 6.07) is 15.8. The Kier molecular flexibility index (Phi) is 4.07. The molecule has 0 atom stereocenters. The molecular weight excluding hydrogens is 334 g/mol. The minimum Gasteiger partial charge on any atom is -0.340 e. The summed E-state index contributed by atoms with van der Waals surface area (Å²) in [6.07, 6.45) is 4.33. The molecule has 2 aromatic carbocycles. The summed E-state index contributed by atoms with van der Waals surface area (Å²) in [6.45, 7) is 2.14. The predicted octanol–water partition coefficient (Wildman–Crippen LogP) is 4.77. The average molecular weight is 350 g/mol. The zero-order valence-corrected chi connectivity index (χ0v) is 14.4. The Hall–Kier alpha value is -2.92. The molecule has 0 saturated heterocycles. The third-order valence-corrected chi connectivity index (χ3v) is 4.31. The third kappa shape index (κ3) is 3.06. The van der Waals surface area contributed by atoms with E-state index in [1.54, 1.807) is 17.2 Å². The quantitative estimate of drug-likeness (QED) is 0.576. The summed E-state index contributed by atoms with van der Waals surface area (Å²) in [5, 5.41) is 9.35. The fourth-order valence-electron chi connectivity index (χ4n) is 2.68. The number of benzene rings is 2. The van der Waals surface area contributed by atoms with Crippen molar-refractivity contribution in [1.29, 1.82) is 0 Å². The van der Waals surface area contributed by atoms with Crippen LogP contribution < -0.4 is 5.32 Å². The molecule has 0 saturated carbocycles. The van der Waals surface area contributed by atoms with E-state index < -0.39 is 0 Å². The second kappa shape index (κ2) is 6.53. The van der Waals surface area contributed by atoms with Gasteiger partial charge in [0.15, 0.2) is 5.65 Å². The Balaban J connectivity index is 1.72. The van der Waals surface area contributed by atoms with Crippen molar-refractivity contribution in [2.45, 2.75) is 13.3 Å². The smallest absolute Gasteiger partial charge is 0.168 e. The second-order valence-electron chi connectivity index (χ2n) is 5.67. The van der Waals surface area contributed by atoms with Crippen molar-refractivity contribution in [1.82, 2.24) is 19.7 Å². The van der Waals surface area contributed by atoms with Crippen LogP contribution in [0, 0.1) is 0 Å². The summed E-state index contributed by atoms with van der Waals surface area (Å²) >= 11 is 5.96. The first-order chi connectivity index (χ1) is 12.2. The molecule has 4 aromatic rings. The van der Waals surface area contributed by atoms with Crippen molar-refractivity contribution in [3.8, 4) is 5.69 Å². The first kappa shape index (κ1) is 15.6. The maximum Gasteiger partial charge on any atom is 0.168 e. The lowest BCUT2D eigenvalue weighted by atomic mass is 10.1. The maximum atomic E-state index is 5.96. The van der Waals surface area contributed by atoms with Gasteiger partial charge in [0.25, 0.3) is 0 Å². The van der Waals surface area contributed by atoms with Gasteiger partial charge in [-0.05, 0) is 48.4 Å². The number of rotatable bonds is 4. The molecule has 0 bridgehead atoms. The normalized spacial score (nSPS) is 11.0. The van der Waals surface area contributed by atoms with E-state index in [4.69, 9.17) is 11.6 Å². The van der Waals surface area contributed by atoms with E-state index in [0.717, 1.165) is 34.6 Å². The molecule has 0 aliphatic carbocycles. The molecule has 124 valence electrons. The Labute approximate surface area is 150 Å². The van der Waals surface area contributed by atoms with Crippen LogP contribution in [-0.4, -0.2) is 19.7 Å². The summed E-state index contributed by atoms with van der Waals surface area (Å²) in [5.41, 5.74) is 3.92. The van der Waals surface area contributed by atoms with E-state index >= 15 is 0 Å². The monoisotopic (exact) mass is 349 g/mol. The van der Waals surface area contributed by atoms with Crippen molar-refractivity contribution in [3.63, 3.8) is 0 Å². The highest BCUT2D eigenvalue weighted by Crippen LogP contribution is 2.25. The first-order valence-corrected chi connectivity index (χ1v) is 8.43. The lowest BCUT2D eigenvalue weighted by Crippen LogP contribution is -1.99. The third-order valence-electron chi connectivity index (χ3n) is 4.06. The number of aryl methyl sites for hydroxylation is 1. The van der Waals surface area contributed by atoms with E-state index in [1.165, 1.54) is 5.56 Å². The molecule has 2 aromatic heterocycles. The summed E-state index contributed by atoms with van der Waals surface area (Å²) in [7, 11) is 0. The summed E-state index contributed by atoms with van der Waals surface area (Å²) in [4.78, 5) is 8.76. The van der Waals surface area contributed by atoms with E-state index in [1.807, 2.05) is 24.3 Å². The molecule has 1 N–H and O–H groups in total. The number of hydrogen-bond donors (Lipinski definition) is 1. The van der Waals surface area contributed by atoms with E-state index in [0.29, 0.717) is 5.02 Å². The van der Waals surface area contributed by atoms with Gasteiger partial charge >= 0.3 is 0 Å². The van der Waals surface area contributed by atoms with E-state index in [2.05, 4.69) is 51.6 Å². The van der Waals surface area contributed by atoms with Crippen molar-refractivity contribution >= 4 is 34.1 Å². The van der Waals surface area contributed by atoms with E-state index in [9.17, 15) is 0 Å². The zero-order valence-electron chi connectivity index (χ0n) is 13.6. The minimum absolute atomic E-state index is 0.688. The summed E-state index contributed by atoms with van der Waals surface area (Å²) < 4.78 is 1.78. The standard InChI is InChI=1S/C19H16ClN5/c1-2-13-3-7-15(8-4-13)24-18-17-11-23-25(19(17)22-12-21-18)16-9-5-14(20)6-10-16/h3-12H,2H2,1H3,(H,21,22,24). The highest BCUT2D eigenvalue weighted by Gasteiger charge is 2.11. The Morgan fingerprint density at radius 3 is 2.48 bits per heavy atom. The van der Waals surface area contributed by atoms with Crippen LogP contribution in [-0.2, 0) is 6.42 Å². The van der Waals surface area contributed by atoms with Crippen LogP contribution in [0.2, 0.25) is 5.02 Å². The fraction of sp³-hybridized carbons (Fsp3) is 0.105. The first-order valence-electron chi connectivity index (χ1n) is 8.05. The number of nitrogens with one attached hydrogen (secondary N) is 1. The number of anilines is 2. The van der Waals surface area contributed by atoms with Gasteiger partial charge in [0.2, 0.25) is 0 Å². The van der Waals surface area contributed by atoms with Crippen LogP contribution >= 0.6 is 11.6 Å². The molecule has 0 fully saturated rings. The molecule has 0 aliphatic rings. The average Bonchev–Trinajstić information content (AvgIpc) is 3.08. The largest absolute Gasteiger partial charge is 0.340 e. The SMILES string of the molecule is CCc1ccc(Nc2ncnc3c2cnn3-c2ccc(Cl)cc2)cc1. The Morgan fingerprint density at radius 2 is 1.76 bits per heavy atom. The number of nitrogens with zero attached hydrogens (tertiary/aromatic N) is 4. The van der Waals surface area contributed by atoms with Crippen LogP contribution in [0.25, 0.3) is 16.7 Å². The van der Waals surface area contributed by atoms with Gasteiger partial charge in [-0.25, -0.2) is 14.6 Å². The Morgan fingerprint density at radius 1 is 1.00 bits per heavy atom. The van der Waals surface area contributed by atoms with Crippen molar-refractivity contribution < 1.29 is 0 Å². The molecule has 5 nitrogen and oxygen atoms in total. The molecule has 4 rings (SSSR count). The second-order valence-corrected chi connectivity index (χ2v) is 6.10. The van der Waals surface area contributed by atoms with Gasteiger partial charge in [0.1, 0.15) is 12.1 Å². The zero-order chi connectivity index (χ0) is 17.2. The van der Waals surface area contributed by atoms with Gasteiger partial charge in [-0.3, -0.25) is 0 Å². The van der Waals surface area contributed by atoms with Crippen LogP contribution in [0.4, 0.5) is 11.5 Å². The molecule has 2 heterocycles. The highest BCUT2D eigenvalue weighted by atomic mass is 35.5. The van der Waals surface area contributed by atoms with Gasteiger partial charge in [0, 0.05) is 10.7 Å². The minimum atomic E-state index is 0.688. The number of fused-ring (bicyclic) bond motifs is 1. The lowest BCUT2D eigenvalue weighted by molar-refractivity contribution is 0.895. The predicted molar refractivity (Wildman–Crippen MR) is 101 cm³/mol. The molecule has 6 heteroatoms. The maximum absolute atomic E-state index is 5.96. The van der Waals surface area contributed by atoms with Gasteiger partial charge in [0.05, 0.1) is 17.3 Å². The van der Waals surface area contributed by atoms with Gasteiger partial charge in [-0.1, -0.05) is 30.7 Å². The molecule has 0 unspecified atom stereocenters. The van der Waals surface area contributed by atoms with Crippen molar-refractivity contribution in [2.24, 2.45) is 0 Å². The fourth-order valence-corrected chi connectivity index (χ4v) is 2.80. The molecule has 0 amide bonds. The van der Waals surface area contributed by atoms with E-state index in [-0.39, 0.29) is 0 Å². The molecule has 0 aliphatic heterocycles. The molecule has 25 heavy (non-hydrogen) atoms. The molecule has 0 spiro atoms. The molecular formula is C19H16ClN5. The van der Waals surface area contributed by atoms with Gasteiger partial charge < -0.3 is 5.32 Å². The summed E-state index contributed by atoms with van der Waals surface area (Å²) in [5.74, 6) is 0.731. The highest BCUT2D eigenvalue weighted by molar-refractivity contribution is 6.30. The van der Waals surface area contributed by atoms with Crippen LogP contribution in [0.15, 0.2) is 61.1 Å². The van der Waals surface area contributed by atoms with Crippen molar-refractivity contribution in [2.75, 3.05) is 5.32 Å². The van der Waals surface area contributed by atoms with Gasteiger partial charge in [-0.15, -0.1) is 0 Å². The topological polar surface area (TPSA) is 55.6 Å². The van der Waals surface area contributed by atoms with Crippen LogP contribution in [0.1, 0.15) is 12.5 Å².